The Morgan fingerprint density at radius 3 is 2.40 bits per heavy atom. The first-order valence-electron chi connectivity index (χ1n) is 4.41. The molecule has 0 saturated heterocycles. The zero-order chi connectivity index (χ0) is 11.6. The number of hydrogen-bond acceptors (Lipinski definition) is 5. The molecule has 0 aromatic carbocycles. The standard InChI is InChI=1S/C10H14N2O3/c1-5-6(2)12-8(10(13)15-4)9(14-3)7(5)11/h1-4H3,(H2,11,12). The van der Waals surface area contributed by atoms with Crippen LogP contribution in [0.15, 0.2) is 0 Å². The average molecular weight is 210 g/mol. The number of ether oxygens (including phenoxy) is 2. The van der Waals surface area contributed by atoms with Gasteiger partial charge in [-0.2, -0.15) is 0 Å². The van der Waals surface area contributed by atoms with Gasteiger partial charge in [-0.25, -0.2) is 9.78 Å². The fraction of sp³-hybridized carbons (Fsp3) is 0.400. The Balaban J connectivity index is 3.45. The third kappa shape index (κ3) is 1.86. The van der Waals surface area contributed by atoms with Crippen LogP contribution in [0.1, 0.15) is 21.7 Å². The van der Waals surface area contributed by atoms with Crippen molar-refractivity contribution in [3.63, 3.8) is 0 Å². The molecular formula is C10H14N2O3. The number of anilines is 1. The van der Waals surface area contributed by atoms with E-state index in [1.807, 2.05) is 6.92 Å². The number of nitrogens with two attached hydrogens (primary N) is 1. The number of carbonyl (C=O) groups is 1. The number of hydrogen-bond donors (Lipinski definition) is 1. The number of esters is 1. The summed E-state index contributed by atoms with van der Waals surface area (Å²) in [5.74, 6) is -0.286. The maximum absolute atomic E-state index is 11.4. The highest BCUT2D eigenvalue weighted by atomic mass is 16.5. The van der Waals surface area contributed by atoms with Crippen LogP contribution >= 0.6 is 0 Å². The van der Waals surface area contributed by atoms with Crippen LogP contribution in [-0.2, 0) is 4.74 Å². The number of nitrogen functional groups attached to an aromatic ring is 1. The molecule has 0 unspecified atom stereocenters. The van der Waals surface area contributed by atoms with E-state index in [2.05, 4.69) is 9.72 Å². The molecule has 1 rings (SSSR count). The van der Waals surface area contributed by atoms with Crippen LogP contribution in [0.5, 0.6) is 5.75 Å². The Labute approximate surface area is 88.2 Å². The minimum absolute atomic E-state index is 0.112. The van der Waals surface area contributed by atoms with E-state index in [0.717, 1.165) is 5.56 Å². The van der Waals surface area contributed by atoms with E-state index in [9.17, 15) is 4.79 Å². The van der Waals surface area contributed by atoms with E-state index in [0.29, 0.717) is 11.4 Å². The number of pyridine rings is 1. The first-order chi connectivity index (χ1) is 7.02. The van der Waals surface area contributed by atoms with Gasteiger partial charge in [-0.1, -0.05) is 0 Å². The number of rotatable bonds is 2. The smallest absolute Gasteiger partial charge is 0.360 e. The Morgan fingerprint density at radius 1 is 1.33 bits per heavy atom. The Bertz CT molecular complexity index is 402. The predicted octanol–water partition coefficient (Wildman–Crippen LogP) is 1.08. The summed E-state index contributed by atoms with van der Waals surface area (Å²) in [5, 5.41) is 0. The first-order valence-corrected chi connectivity index (χ1v) is 4.41. The van der Waals surface area contributed by atoms with Crippen molar-refractivity contribution in [1.82, 2.24) is 4.98 Å². The predicted molar refractivity (Wildman–Crippen MR) is 56.0 cm³/mol. The third-order valence-electron chi connectivity index (χ3n) is 2.27. The summed E-state index contributed by atoms with van der Waals surface area (Å²) in [6, 6.07) is 0. The quantitative estimate of drug-likeness (QED) is 0.739. The summed E-state index contributed by atoms with van der Waals surface area (Å²) in [6.45, 7) is 3.60. The molecule has 5 nitrogen and oxygen atoms in total. The van der Waals surface area contributed by atoms with E-state index >= 15 is 0 Å². The number of methoxy groups -OCH3 is 2. The maximum Gasteiger partial charge on any atom is 0.360 e. The molecule has 2 N–H and O–H groups in total. The SMILES string of the molecule is COC(=O)c1nc(C)c(C)c(N)c1OC. The second-order valence-electron chi connectivity index (χ2n) is 3.11. The van der Waals surface area contributed by atoms with Gasteiger partial charge in [-0.15, -0.1) is 0 Å². The second kappa shape index (κ2) is 4.16. The molecule has 15 heavy (non-hydrogen) atoms. The number of carbonyl (C=O) groups excluding carboxylic acids is 1. The van der Waals surface area contributed by atoms with Gasteiger partial charge >= 0.3 is 5.97 Å². The lowest BCUT2D eigenvalue weighted by Gasteiger charge is -2.12. The molecule has 0 fully saturated rings. The van der Waals surface area contributed by atoms with Crippen molar-refractivity contribution in [2.75, 3.05) is 20.0 Å². The van der Waals surface area contributed by atoms with E-state index < -0.39 is 5.97 Å². The van der Waals surface area contributed by atoms with Gasteiger partial charge < -0.3 is 15.2 Å². The molecule has 0 amide bonds. The van der Waals surface area contributed by atoms with Crippen molar-refractivity contribution < 1.29 is 14.3 Å². The monoisotopic (exact) mass is 210 g/mol. The van der Waals surface area contributed by atoms with Crippen LogP contribution in [0.2, 0.25) is 0 Å². The van der Waals surface area contributed by atoms with Crippen LogP contribution in [0.4, 0.5) is 5.69 Å². The van der Waals surface area contributed by atoms with Gasteiger partial charge in [0, 0.05) is 5.69 Å². The molecule has 0 aliphatic carbocycles. The molecule has 0 saturated carbocycles. The normalized spacial score (nSPS) is 9.87. The molecule has 1 aromatic rings. The molecule has 5 heteroatoms. The van der Waals surface area contributed by atoms with Crippen LogP contribution in [0, 0.1) is 13.8 Å². The minimum Gasteiger partial charge on any atom is -0.492 e. The van der Waals surface area contributed by atoms with E-state index in [-0.39, 0.29) is 11.4 Å². The van der Waals surface area contributed by atoms with E-state index in [1.165, 1.54) is 14.2 Å². The summed E-state index contributed by atoms with van der Waals surface area (Å²) < 4.78 is 9.64. The lowest BCUT2D eigenvalue weighted by Crippen LogP contribution is -2.11. The lowest BCUT2D eigenvalue weighted by atomic mass is 10.1. The van der Waals surface area contributed by atoms with Gasteiger partial charge in [0.25, 0.3) is 0 Å². The lowest BCUT2D eigenvalue weighted by molar-refractivity contribution is 0.0590. The molecule has 82 valence electrons. The van der Waals surface area contributed by atoms with Crippen LogP contribution in [0.25, 0.3) is 0 Å². The van der Waals surface area contributed by atoms with Gasteiger partial charge in [0.05, 0.1) is 19.9 Å². The van der Waals surface area contributed by atoms with Crippen molar-refractivity contribution in [2.45, 2.75) is 13.8 Å². The van der Waals surface area contributed by atoms with Crippen LogP contribution in [0.3, 0.4) is 0 Å². The molecular weight excluding hydrogens is 196 g/mol. The largest absolute Gasteiger partial charge is 0.492 e. The average Bonchev–Trinajstić information content (AvgIpc) is 2.24. The zero-order valence-electron chi connectivity index (χ0n) is 9.25. The molecule has 1 aromatic heterocycles. The summed E-state index contributed by atoms with van der Waals surface area (Å²) in [4.78, 5) is 15.5. The molecule has 1 heterocycles. The number of aryl methyl sites for hydroxylation is 1. The fourth-order valence-electron chi connectivity index (χ4n) is 1.24. The highest BCUT2D eigenvalue weighted by molar-refractivity contribution is 5.92. The van der Waals surface area contributed by atoms with Gasteiger partial charge in [-0.3, -0.25) is 0 Å². The summed E-state index contributed by atoms with van der Waals surface area (Å²) in [7, 11) is 2.73. The summed E-state index contributed by atoms with van der Waals surface area (Å²) in [6.07, 6.45) is 0. The van der Waals surface area contributed by atoms with Crippen molar-refractivity contribution in [2.24, 2.45) is 0 Å². The third-order valence-corrected chi connectivity index (χ3v) is 2.27. The highest BCUT2D eigenvalue weighted by Gasteiger charge is 2.20. The van der Waals surface area contributed by atoms with E-state index in [4.69, 9.17) is 10.5 Å². The highest BCUT2D eigenvalue weighted by Crippen LogP contribution is 2.29. The van der Waals surface area contributed by atoms with Crippen LogP contribution < -0.4 is 10.5 Å². The van der Waals surface area contributed by atoms with Gasteiger partial charge in [-0.05, 0) is 19.4 Å². The molecule has 0 spiro atoms. The number of aromatic nitrogens is 1. The molecule has 0 atom stereocenters. The Kier molecular flexibility index (Phi) is 3.14. The topological polar surface area (TPSA) is 74.4 Å². The Morgan fingerprint density at radius 2 is 1.93 bits per heavy atom. The van der Waals surface area contributed by atoms with Crippen molar-refractivity contribution in [3.8, 4) is 5.75 Å². The summed E-state index contributed by atoms with van der Waals surface area (Å²) in [5.41, 5.74) is 7.84. The molecule has 0 aliphatic rings. The maximum atomic E-state index is 11.4. The second-order valence-corrected chi connectivity index (χ2v) is 3.11. The molecule has 0 aliphatic heterocycles. The van der Waals surface area contributed by atoms with Crippen LogP contribution in [-0.4, -0.2) is 25.2 Å². The van der Waals surface area contributed by atoms with E-state index in [1.54, 1.807) is 6.92 Å². The van der Waals surface area contributed by atoms with Gasteiger partial charge in [0.2, 0.25) is 0 Å². The first kappa shape index (κ1) is 11.3. The van der Waals surface area contributed by atoms with Gasteiger partial charge in [0.1, 0.15) is 0 Å². The van der Waals surface area contributed by atoms with Crippen molar-refractivity contribution >= 4 is 11.7 Å². The summed E-state index contributed by atoms with van der Waals surface area (Å²) >= 11 is 0. The fourth-order valence-corrected chi connectivity index (χ4v) is 1.24. The molecule has 0 bridgehead atoms. The minimum atomic E-state index is -0.554. The van der Waals surface area contributed by atoms with Crippen molar-refractivity contribution in [3.05, 3.63) is 17.0 Å². The number of nitrogens with zero attached hydrogens (tertiary/aromatic N) is 1. The van der Waals surface area contributed by atoms with Gasteiger partial charge in [0.15, 0.2) is 11.4 Å². The Hall–Kier alpha value is -1.78. The zero-order valence-corrected chi connectivity index (χ0v) is 9.25. The van der Waals surface area contributed by atoms with Crippen molar-refractivity contribution in [1.29, 1.82) is 0 Å². The molecule has 0 radical (unpaired) electrons.